The highest BCUT2D eigenvalue weighted by atomic mass is 79.9. The first kappa shape index (κ1) is 15.8. The lowest BCUT2D eigenvalue weighted by atomic mass is 10.4. The van der Waals surface area contributed by atoms with Gasteiger partial charge in [-0.1, -0.05) is 77.6 Å². The maximum absolute atomic E-state index is 13.8. The fraction of sp³-hybridized carbons (Fsp3) is 0. The zero-order chi connectivity index (χ0) is 15.3. The molecule has 0 N–H and O–H groups in total. The van der Waals surface area contributed by atoms with E-state index in [0.29, 0.717) is 5.31 Å². The van der Waals surface area contributed by atoms with Gasteiger partial charge in [-0.05, 0) is 24.3 Å². The lowest BCUT2D eigenvalue weighted by Gasteiger charge is -2.20. The summed E-state index contributed by atoms with van der Waals surface area (Å²) in [6, 6.07) is 17.1. The van der Waals surface area contributed by atoms with E-state index >= 15 is 0 Å². The average Bonchev–Trinajstić information content (AvgIpc) is 2.53. The summed E-state index contributed by atoms with van der Waals surface area (Å²) in [5.41, 5.74) is 0. The van der Waals surface area contributed by atoms with Gasteiger partial charge in [0.2, 0.25) is 0 Å². The smallest absolute Gasteiger partial charge is 0.170 e. The van der Waals surface area contributed by atoms with Crippen molar-refractivity contribution >= 4 is 33.7 Å². The molecule has 106 valence electrons. The molecule has 1 atom stereocenters. The highest BCUT2D eigenvalue weighted by molar-refractivity contribution is 9.10. The van der Waals surface area contributed by atoms with Crippen molar-refractivity contribution in [1.29, 1.82) is 0 Å². The predicted octanol–water partition coefficient (Wildman–Crippen LogP) is 5.02. The minimum absolute atomic E-state index is 0.686. The maximum atomic E-state index is 13.8. The summed E-state index contributed by atoms with van der Waals surface area (Å²) in [5, 5.41) is 2.26. The van der Waals surface area contributed by atoms with Crippen LogP contribution in [0.5, 0.6) is 0 Å². The third-order valence-corrected chi connectivity index (χ3v) is 6.81. The molecule has 0 saturated heterocycles. The predicted molar refractivity (Wildman–Crippen MR) is 95.9 cm³/mol. The lowest BCUT2D eigenvalue weighted by Crippen LogP contribution is -2.16. The Bertz CT molecular complexity index is 715. The molecule has 0 spiro atoms. The van der Waals surface area contributed by atoms with Crippen LogP contribution in [0, 0.1) is 0 Å². The Morgan fingerprint density at radius 2 is 1.52 bits per heavy atom. The van der Waals surface area contributed by atoms with Crippen LogP contribution in [0.4, 0.5) is 0 Å². The fourth-order valence-electron chi connectivity index (χ4n) is 2.16. The first-order valence-corrected chi connectivity index (χ1v) is 9.00. The molecule has 0 radical (unpaired) electrons. The van der Waals surface area contributed by atoms with Crippen LogP contribution in [0.1, 0.15) is 0 Å². The van der Waals surface area contributed by atoms with E-state index in [1.807, 2.05) is 54.6 Å². The Morgan fingerprint density at radius 3 is 2.05 bits per heavy atom. The molecule has 0 amide bonds. The summed E-state index contributed by atoms with van der Waals surface area (Å²) in [4.78, 5) is 0. The highest BCUT2D eigenvalue weighted by Gasteiger charge is 2.29. The topological polar surface area (TPSA) is 17.1 Å². The van der Waals surface area contributed by atoms with Crippen molar-refractivity contribution in [2.75, 3.05) is 0 Å². The van der Waals surface area contributed by atoms with Crippen molar-refractivity contribution in [1.82, 2.24) is 0 Å². The van der Waals surface area contributed by atoms with Gasteiger partial charge in [0, 0.05) is 20.4 Å². The van der Waals surface area contributed by atoms with Gasteiger partial charge in [-0.2, -0.15) is 0 Å². The van der Waals surface area contributed by atoms with Gasteiger partial charge in [0.1, 0.15) is 0 Å². The lowest BCUT2D eigenvalue weighted by molar-refractivity contribution is 0.591. The van der Waals surface area contributed by atoms with Gasteiger partial charge in [0.05, 0.1) is 0 Å². The van der Waals surface area contributed by atoms with Crippen LogP contribution in [0.2, 0.25) is 0 Å². The Labute approximate surface area is 134 Å². The maximum Gasteiger partial charge on any atom is 0.170 e. The van der Waals surface area contributed by atoms with Crippen LogP contribution < -0.4 is 10.6 Å². The molecule has 0 saturated carbocycles. The summed E-state index contributed by atoms with van der Waals surface area (Å²) >= 11 is 3.41. The highest BCUT2D eigenvalue weighted by Crippen LogP contribution is 2.52. The zero-order valence-corrected chi connectivity index (χ0v) is 14.1. The minimum atomic E-state index is -2.92. The molecule has 2 rings (SSSR count). The summed E-state index contributed by atoms with van der Waals surface area (Å²) in [6.45, 7) is 7.53. The van der Waals surface area contributed by atoms with E-state index in [9.17, 15) is 4.57 Å². The molecule has 0 bridgehead atoms. The van der Waals surface area contributed by atoms with Crippen LogP contribution >= 0.6 is 23.1 Å². The van der Waals surface area contributed by atoms with Gasteiger partial charge in [-0.3, -0.25) is 0 Å². The van der Waals surface area contributed by atoms with Crippen LogP contribution in [-0.2, 0) is 4.57 Å². The summed E-state index contributed by atoms with van der Waals surface area (Å²) in [5.74, 6) is 0. The third kappa shape index (κ3) is 3.18. The van der Waals surface area contributed by atoms with E-state index in [-0.39, 0.29) is 0 Å². The molecule has 2 aromatic rings. The monoisotopic (exact) mass is 358 g/mol. The molecule has 0 heterocycles. The molecule has 21 heavy (non-hydrogen) atoms. The van der Waals surface area contributed by atoms with E-state index in [0.717, 1.165) is 15.1 Å². The average molecular weight is 359 g/mol. The fourth-order valence-corrected chi connectivity index (χ4v) is 5.05. The van der Waals surface area contributed by atoms with Crippen molar-refractivity contribution in [3.63, 3.8) is 0 Å². The second kappa shape index (κ2) is 6.89. The second-order valence-electron chi connectivity index (χ2n) is 4.45. The van der Waals surface area contributed by atoms with Gasteiger partial charge in [0.15, 0.2) is 7.14 Å². The second-order valence-corrected chi connectivity index (χ2v) is 8.14. The first-order valence-electron chi connectivity index (χ1n) is 6.50. The Kier molecular flexibility index (Phi) is 5.17. The standard InChI is InChI=1S/C18H16BrOP/c1-3-8-16(4-2)21(20,17-9-6-5-7-10-17)18-13-11-15(19)12-14-18/h3-14H,1-2H2/b16-8+. The summed E-state index contributed by atoms with van der Waals surface area (Å²) in [7, 11) is -2.92. The molecule has 0 aliphatic carbocycles. The molecule has 0 aliphatic heterocycles. The van der Waals surface area contributed by atoms with E-state index in [1.165, 1.54) is 0 Å². The van der Waals surface area contributed by atoms with Gasteiger partial charge in [-0.25, -0.2) is 0 Å². The van der Waals surface area contributed by atoms with Crippen LogP contribution in [0.25, 0.3) is 0 Å². The number of benzene rings is 2. The number of hydrogen-bond acceptors (Lipinski definition) is 1. The molecular formula is C18H16BrOP. The summed E-state index contributed by atoms with van der Waals surface area (Å²) < 4.78 is 14.8. The van der Waals surface area contributed by atoms with E-state index in [1.54, 1.807) is 18.2 Å². The third-order valence-electron chi connectivity index (χ3n) is 3.17. The number of allylic oxidation sites excluding steroid dienone is 4. The Hall–Kier alpha value is -1.63. The van der Waals surface area contributed by atoms with E-state index in [4.69, 9.17) is 0 Å². The number of hydrogen-bond donors (Lipinski definition) is 0. The van der Waals surface area contributed by atoms with Crippen LogP contribution in [-0.4, -0.2) is 0 Å². The van der Waals surface area contributed by atoms with Crippen LogP contribution in [0.15, 0.2) is 95.8 Å². The quantitative estimate of drug-likeness (QED) is 0.541. The van der Waals surface area contributed by atoms with Crippen molar-refractivity contribution in [2.24, 2.45) is 0 Å². The zero-order valence-electron chi connectivity index (χ0n) is 11.6. The SMILES string of the molecule is C=C/C=C(\C=C)P(=O)(c1ccccc1)c1ccc(Br)cc1. The van der Waals surface area contributed by atoms with Crippen LogP contribution in [0.3, 0.4) is 0 Å². The van der Waals surface area contributed by atoms with Crippen molar-refractivity contribution in [3.8, 4) is 0 Å². The summed E-state index contributed by atoms with van der Waals surface area (Å²) in [6.07, 6.45) is 5.06. The molecule has 1 unspecified atom stereocenters. The largest absolute Gasteiger partial charge is 0.309 e. The molecule has 0 aromatic heterocycles. The molecule has 0 aliphatic rings. The van der Waals surface area contributed by atoms with Gasteiger partial charge < -0.3 is 4.57 Å². The van der Waals surface area contributed by atoms with Crippen molar-refractivity contribution in [3.05, 3.63) is 95.8 Å². The Morgan fingerprint density at radius 1 is 0.952 bits per heavy atom. The van der Waals surface area contributed by atoms with Gasteiger partial charge in [0.25, 0.3) is 0 Å². The molecule has 3 heteroatoms. The minimum Gasteiger partial charge on any atom is -0.309 e. The number of halogens is 1. The Balaban J connectivity index is 2.73. The number of rotatable bonds is 5. The molecular weight excluding hydrogens is 343 g/mol. The van der Waals surface area contributed by atoms with E-state index < -0.39 is 7.14 Å². The van der Waals surface area contributed by atoms with Crippen molar-refractivity contribution in [2.45, 2.75) is 0 Å². The molecule has 1 nitrogen and oxygen atoms in total. The van der Waals surface area contributed by atoms with Crippen molar-refractivity contribution < 1.29 is 4.57 Å². The molecule has 0 fully saturated rings. The van der Waals surface area contributed by atoms with Gasteiger partial charge in [-0.15, -0.1) is 0 Å². The first-order chi connectivity index (χ1) is 10.1. The van der Waals surface area contributed by atoms with E-state index in [2.05, 4.69) is 29.1 Å². The van der Waals surface area contributed by atoms with Gasteiger partial charge >= 0.3 is 0 Å². The normalized spacial score (nSPS) is 14.2. The molecule has 2 aromatic carbocycles.